The zero-order valence-corrected chi connectivity index (χ0v) is 9.78. The van der Waals surface area contributed by atoms with Gasteiger partial charge in [0.2, 0.25) is 0 Å². The van der Waals surface area contributed by atoms with Gasteiger partial charge in [0.15, 0.2) is 0 Å². The molecule has 1 saturated carbocycles. The molecule has 0 N–H and O–H groups in total. The van der Waals surface area contributed by atoms with E-state index >= 15 is 0 Å². The molecule has 0 radical (unpaired) electrons. The van der Waals surface area contributed by atoms with Crippen molar-refractivity contribution >= 4 is 0 Å². The summed E-state index contributed by atoms with van der Waals surface area (Å²) in [6.45, 7) is 2.38. The van der Waals surface area contributed by atoms with E-state index in [0.29, 0.717) is 11.8 Å². The molecule has 84 valence electrons. The third-order valence-electron chi connectivity index (χ3n) is 4.33. The second-order valence-electron chi connectivity index (χ2n) is 5.34. The number of rotatable bonds is 2. The van der Waals surface area contributed by atoms with Crippen LogP contribution in [0, 0.1) is 29.1 Å². The largest absolute Gasteiger partial charge is 0.306 e. The molecule has 1 aliphatic heterocycles. The van der Waals surface area contributed by atoms with Gasteiger partial charge in [-0.15, -0.1) is 0 Å². The molecular formula is C13H22N2. The minimum absolute atomic E-state index is 0.362. The summed E-state index contributed by atoms with van der Waals surface area (Å²) in [4.78, 5) is 2.39. The van der Waals surface area contributed by atoms with Crippen LogP contribution < -0.4 is 0 Å². The van der Waals surface area contributed by atoms with E-state index in [4.69, 9.17) is 0 Å². The van der Waals surface area contributed by atoms with Crippen molar-refractivity contribution in [1.82, 2.24) is 4.90 Å². The lowest BCUT2D eigenvalue weighted by molar-refractivity contribution is 0.163. The van der Waals surface area contributed by atoms with Crippen LogP contribution in [-0.2, 0) is 0 Å². The van der Waals surface area contributed by atoms with Crippen molar-refractivity contribution in [3.05, 3.63) is 0 Å². The molecule has 1 saturated heterocycles. The summed E-state index contributed by atoms with van der Waals surface area (Å²) in [6.07, 6.45) is 7.82. The predicted molar refractivity (Wildman–Crippen MR) is 61.3 cm³/mol. The lowest BCUT2D eigenvalue weighted by Gasteiger charge is -2.33. The Morgan fingerprint density at radius 1 is 1.07 bits per heavy atom. The average Bonchev–Trinajstić information content (AvgIpc) is 2.75. The van der Waals surface area contributed by atoms with Gasteiger partial charge in [0.25, 0.3) is 0 Å². The third-order valence-corrected chi connectivity index (χ3v) is 4.33. The van der Waals surface area contributed by atoms with Crippen LogP contribution in [0.15, 0.2) is 0 Å². The maximum Gasteiger partial charge on any atom is 0.0661 e. The number of piperidine rings is 1. The smallest absolute Gasteiger partial charge is 0.0661 e. The molecule has 0 amide bonds. The van der Waals surface area contributed by atoms with Gasteiger partial charge in [0, 0.05) is 0 Å². The zero-order chi connectivity index (χ0) is 10.7. The molecule has 0 bridgehead atoms. The number of nitrogens with zero attached hydrogens (tertiary/aromatic N) is 2. The van der Waals surface area contributed by atoms with Crippen molar-refractivity contribution in [1.29, 1.82) is 5.26 Å². The van der Waals surface area contributed by atoms with Gasteiger partial charge < -0.3 is 4.90 Å². The van der Waals surface area contributed by atoms with Crippen LogP contribution in [0.25, 0.3) is 0 Å². The van der Waals surface area contributed by atoms with E-state index in [1.54, 1.807) is 0 Å². The Morgan fingerprint density at radius 2 is 1.60 bits per heavy atom. The van der Waals surface area contributed by atoms with Crippen LogP contribution in [0.3, 0.4) is 0 Å². The highest BCUT2D eigenvalue weighted by atomic mass is 15.1. The molecule has 15 heavy (non-hydrogen) atoms. The monoisotopic (exact) mass is 206 g/mol. The Hall–Kier alpha value is -0.550. The van der Waals surface area contributed by atoms with Gasteiger partial charge in [-0.1, -0.05) is 12.8 Å². The van der Waals surface area contributed by atoms with Crippen molar-refractivity contribution in [3.63, 3.8) is 0 Å². The molecule has 0 aromatic carbocycles. The molecule has 2 fully saturated rings. The first-order valence-corrected chi connectivity index (χ1v) is 6.39. The van der Waals surface area contributed by atoms with Crippen LogP contribution >= 0.6 is 0 Å². The van der Waals surface area contributed by atoms with E-state index in [1.807, 2.05) is 0 Å². The van der Waals surface area contributed by atoms with E-state index < -0.39 is 0 Å². The molecule has 1 atom stereocenters. The van der Waals surface area contributed by atoms with Crippen molar-refractivity contribution in [3.8, 4) is 6.07 Å². The van der Waals surface area contributed by atoms with E-state index in [-0.39, 0.29) is 0 Å². The Morgan fingerprint density at radius 3 is 2.13 bits per heavy atom. The van der Waals surface area contributed by atoms with Gasteiger partial charge in [-0.3, -0.25) is 0 Å². The Kier molecular flexibility index (Phi) is 3.64. The molecule has 1 heterocycles. The van der Waals surface area contributed by atoms with Crippen molar-refractivity contribution in [2.45, 2.75) is 38.5 Å². The van der Waals surface area contributed by atoms with Gasteiger partial charge in [0.05, 0.1) is 12.0 Å². The molecule has 0 spiro atoms. The molecule has 2 rings (SSSR count). The highest BCUT2D eigenvalue weighted by molar-refractivity contribution is 4.95. The fourth-order valence-electron chi connectivity index (χ4n) is 3.30. The van der Waals surface area contributed by atoms with Gasteiger partial charge in [-0.2, -0.15) is 5.26 Å². The van der Waals surface area contributed by atoms with Gasteiger partial charge in [-0.05, 0) is 57.7 Å². The summed E-state index contributed by atoms with van der Waals surface area (Å²) in [5, 5.41) is 9.34. The quantitative estimate of drug-likeness (QED) is 0.694. The van der Waals surface area contributed by atoms with Crippen LogP contribution in [0.1, 0.15) is 38.5 Å². The van der Waals surface area contributed by atoms with Crippen molar-refractivity contribution in [2.75, 3.05) is 20.1 Å². The van der Waals surface area contributed by atoms with Crippen LogP contribution in [0.4, 0.5) is 0 Å². The Bertz CT molecular complexity index is 229. The SMILES string of the molecule is CN1CCC(C(C#N)C2CCCC2)CC1. The average molecular weight is 206 g/mol. The number of likely N-dealkylation sites (tertiary alicyclic amines) is 1. The van der Waals surface area contributed by atoms with E-state index in [2.05, 4.69) is 18.0 Å². The second-order valence-corrected chi connectivity index (χ2v) is 5.34. The summed E-state index contributed by atoms with van der Waals surface area (Å²) in [6, 6.07) is 2.61. The fourth-order valence-corrected chi connectivity index (χ4v) is 3.30. The van der Waals surface area contributed by atoms with Crippen LogP contribution in [0.5, 0.6) is 0 Å². The zero-order valence-electron chi connectivity index (χ0n) is 9.78. The van der Waals surface area contributed by atoms with Gasteiger partial charge >= 0.3 is 0 Å². The summed E-state index contributed by atoms with van der Waals surface area (Å²) >= 11 is 0. The van der Waals surface area contributed by atoms with Crippen molar-refractivity contribution < 1.29 is 0 Å². The van der Waals surface area contributed by atoms with Gasteiger partial charge in [-0.25, -0.2) is 0 Å². The summed E-state index contributed by atoms with van der Waals surface area (Å²) in [7, 11) is 2.19. The standard InChI is InChI=1S/C13H22N2/c1-15-8-6-12(7-9-15)13(10-14)11-4-2-3-5-11/h11-13H,2-9H2,1H3. The summed E-state index contributed by atoms with van der Waals surface area (Å²) < 4.78 is 0. The first-order valence-electron chi connectivity index (χ1n) is 6.39. The normalized spacial score (nSPS) is 27.7. The van der Waals surface area contributed by atoms with E-state index in [0.717, 1.165) is 5.92 Å². The molecule has 2 aliphatic rings. The Balaban J connectivity index is 1.92. The summed E-state index contributed by atoms with van der Waals surface area (Å²) in [5.41, 5.74) is 0. The first-order chi connectivity index (χ1) is 7.31. The molecule has 0 aromatic heterocycles. The van der Waals surface area contributed by atoms with Gasteiger partial charge in [0.1, 0.15) is 0 Å². The molecule has 1 unspecified atom stereocenters. The van der Waals surface area contributed by atoms with E-state index in [9.17, 15) is 5.26 Å². The minimum Gasteiger partial charge on any atom is -0.306 e. The maximum absolute atomic E-state index is 9.34. The topological polar surface area (TPSA) is 27.0 Å². The molecule has 1 aliphatic carbocycles. The Labute approximate surface area is 93.3 Å². The van der Waals surface area contributed by atoms with Crippen LogP contribution in [0.2, 0.25) is 0 Å². The lowest BCUT2D eigenvalue weighted by Crippen LogP contribution is -2.34. The number of hydrogen-bond donors (Lipinski definition) is 0. The lowest BCUT2D eigenvalue weighted by atomic mass is 9.77. The number of hydrogen-bond acceptors (Lipinski definition) is 2. The van der Waals surface area contributed by atoms with Crippen LogP contribution in [-0.4, -0.2) is 25.0 Å². The van der Waals surface area contributed by atoms with Crippen molar-refractivity contribution in [2.24, 2.45) is 17.8 Å². The minimum atomic E-state index is 0.362. The summed E-state index contributed by atoms with van der Waals surface area (Å²) in [5.74, 6) is 1.78. The highest BCUT2D eigenvalue weighted by Crippen LogP contribution is 2.38. The molecule has 2 heteroatoms. The molecule has 2 nitrogen and oxygen atoms in total. The third kappa shape index (κ3) is 2.52. The number of nitriles is 1. The maximum atomic E-state index is 9.34. The predicted octanol–water partition coefficient (Wildman–Crippen LogP) is 2.66. The highest BCUT2D eigenvalue weighted by Gasteiger charge is 2.32. The second kappa shape index (κ2) is 4.99. The van der Waals surface area contributed by atoms with E-state index in [1.165, 1.54) is 51.6 Å². The molecule has 0 aromatic rings. The molecular weight excluding hydrogens is 184 g/mol. The first kappa shape index (κ1) is 11.0. The fraction of sp³-hybridized carbons (Fsp3) is 0.923.